The maximum Gasteiger partial charge on any atom is 0.266 e. The molecule has 1 aromatic heterocycles. The summed E-state index contributed by atoms with van der Waals surface area (Å²) in [7, 11) is -1.64. The molecule has 5 nitrogen and oxygen atoms in total. The van der Waals surface area contributed by atoms with E-state index in [4.69, 9.17) is 16.3 Å². The molecule has 8 heteroatoms. The van der Waals surface area contributed by atoms with E-state index in [1.807, 2.05) is 59.5 Å². The van der Waals surface area contributed by atoms with Crippen LogP contribution >= 0.6 is 22.9 Å². The molecule has 4 aromatic rings. The number of methoxy groups -OCH3 is 1. The summed E-state index contributed by atoms with van der Waals surface area (Å²) >= 11 is 8.19. The number of amides is 1. The van der Waals surface area contributed by atoms with Crippen molar-refractivity contribution in [3.63, 3.8) is 0 Å². The summed E-state index contributed by atoms with van der Waals surface area (Å²) in [4.78, 5) is 16.9. The van der Waals surface area contributed by atoms with Gasteiger partial charge < -0.3 is 9.64 Å². The number of benzene rings is 3. The lowest BCUT2D eigenvalue weighted by Gasteiger charge is -2.34. The fourth-order valence-electron chi connectivity index (χ4n) is 5.20. The van der Waals surface area contributed by atoms with Crippen molar-refractivity contribution >= 4 is 48.8 Å². The molecule has 1 heterocycles. The van der Waals surface area contributed by atoms with Gasteiger partial charge in [-0.05, 0) is 54.3 Å². The molecule has 0 bridgehead atoms. The number of ether oxygens (including phenoxy) is 1. The van der Waals surface area contributed by atoms with Crippen LogP contribution in [0.15, 0.2) is 71.6 Å². The second-order valence-corrected chi connectivity index (χ2v) is 13.2. The Kier molecular flexibility index (Phi) is 7.80. The molecule has 5 rings (SSSR count). The van der Waals surface area contributed by atoms with Crippen molar-refractivity contribution in [2.75, 3.05) is 13.4 Å². The Morgan fingerprint density at radius 2 is 1.68 bits per heavy atom. The predicted molar refractivity (Wildman–Crippen MR) is 155 cm³/mol. The summed E-state index contributed by atoms with van der Waals surface area (Å²) in [5.74, 6) is 0.658. The van der Waals surface area contributed by atoms with E-state index in [0.29, 0.717) is 22.2 Å². The number of hydrogen-bond acceptors (Lipinski definition) is 5. The Hall–Kier alpha value is -2.87. The molecule has 0 aliphatic heterocycles. The lowest BCUT2D eigenvalue weighted by molar-refractivity contribution is 0.0618. The molecule has 0 unspecified atom stereocenters. The molecule has 0 atom stereocenters. The molecule has 1 fully saturated rings. The molecule has 1 aliphatic carbocycles. The van der Waals surface area contributed by atoms with Gasteiger partial charge >= 0.3 is 0 Å². The molecule has 38 heavy (non-hydrogen) atoms. The van der Waals surface area contributed by atoms with Crippen LogP contribution in [0.5, 0.6) is 5.75 Å². The Morgan fingerprint density at radius 3 is 2.34 bits per heavy atom. The minimum atomic E-state index is -3.27. The zero-order valence-corrected chi connectivity index (χ0v) is 23.8. The summed E-state index contributed by atoms with van der Waals surface area (Å²) in [6.07, 6.45) is 6.50. The van der Waals surface area contributed by atoms with Crippen molar-refractivity contribution in [3.8, 4) is 16.9 Å². The van der Waals surface area contributed by atoms with E-state index in [2.05, 4.69) is 0 Å². The van der Waals surface area contributed by atoms with Crippen LogP contribution in [0, 0.1) is 0 Å². The van der Waals surface area contributed by atoms with E-state index in [9.17, 15) is 13.2 Å². The van der Waals surface area contributed by atoms with Crippen molar-refractivity contribution in [3.05, 3.63) is 82.2 Å². The van der Waals surface area contributed by atoms with Gasteiger partial charge in [-0.2, -0.15) is 0 Å². The van der Waals surface area contributed by atoms with E-state index >= 15 is 0 Å². The minimum absolute atomic E-state index is 0.0481. The Bertz CT molecular complexity index is 1570. The van der Waals surface area contributed by atoms with Crippen molar-refractivity contribution in [1.82, 2.24) is 4.90 Å². The highest BCUT2D eigenvalue weighted by atomic mass is 35.5. The second kappa shape index (κ2) is 11.1. The maximum absolute atomic E-state index is 14.1. The molecule has 1 aliphatic rings. The third-order valence-electron chi connectivity index (χ3n) is 7.24. The van der Waals surface area contributed by atoms with Crippen LogP contribution in [0.1, 0.15) is 47.3 Å². The molecule has 0 spiro atoms. The number of rotatable bonds is 7. The van der Waals surface area contributed by atoms with Gasteiger partial charge in [0.25, 0.3) is 5.91 Å². The van der Waals surface area contributed by atoms with Crippen LogP contribution in [0.4, 0.5) is 0 Å². The average molecular weight is 568 g/mol. The van der Waals surface area contributed by atoms with E-state index in [0.717, 1.165) is 52.5 Å². The molecule has 0 N–H and O–H groups in total. The number of nitrogens with zero attached hydrogens (tertiary/aromatic N) is 1. The molecule has 0 radical (unpaired) electrons. The van der Waals surface area contributed by atoms with E-state index in [1.54, 1.807) is 19.2 Å². The van der Waals surface area contributed by atoms with Crippen molar-refractivity contribution in [2.45, 2.75) is 49.6 Å². The van der Waals surface area contributed by atoms with Gasteiger partial charge in [0.2, 0.25) is 0 Å². The minimum Gasteiger partial charge on any atom is -0.496 e. The molecule has 3 aromatic carbocycles. The Morgan fingerprint density at radius 1 is 1.00 bits per heavy atom. The van der Waals surface area contributed by atoms with E-state index in [-0.39, 0.29) is 16.8 Å². The van der Waals surface area contributed by atoms with Crippen molar-refractivity contribution in [2.24, 2.45) is 0 Å². The number of hydrogen-bond donors (Lipinski definition) is 0. The molecule has 0 saturated heterocycles. The van der Waals surface area contributed by atoms with Gasteiger partial charge in [-0.15, -0.1) is 11.3 Å². The highest BCUT2D eigenvalue weighted by Gasteiger charge is 2.30. The first kappa shape index (κ1) is 26.7. The zero-order chi connectivity index (χ0) is 26.9. The number of fused-ring (bicyclic) bond motifs is 1. The van der Waals surface area contributed by atoms with Gasteiger partial charge in [0.15, 0.2) is 9.84 Å². The fraction of sp³-hybridized carbons (Fsp3) is 0.300. The average Bonchev–Trinajstić information content (AvgIpc) is 3.27. The summed E-state index contributed by atoms with van der Waals surface area (Å²) in [5.41, 5.74) is 2.72. The highest BCUT2D eigenvalue weighted by molar-refractivity contribution is 7.90. The molecule has 198 valence electrons. The lowest BCUT2D eigenvalue weighted by atomic mass is 9.93. The van der Waals surface area contributed by atoms with Crippen LogP contribution in [-0.4, -0.2) is 38.6 Å². The third kappa shape index (κ3) is 5.46. The van der Waals surface area contributed by atoms with Crippen LogP contribution in [0.3, 0.4) is 0 Å². The standard InChI is InChI=1S/C30H30ClNO4S2/c1-36-26-17-14-21(20-12-15-24(16-13-20)38(2,34)35)18-22(26)19-32(23-8-4-3-5-9-23)30(33)29-28(31)25-10-6-7-11-27(25)37-29/h6-7,10-18,23H,3-5,8-9,19H2,1-2H3. The van der Waals surface area contributed by atoms with Crippen LogP contribution in [0.2, 0.25) is 5.02 Å². The predicted octanol–water partition coefficient (Wildman–Crippen LogP) is 7.61. The van der Waals surface area contributed by atoms with Gasteiger partial charge in [-0.1, -0.05) is 67.3 Å². The van der Waals surface area contributed by atoms with Gasteiger partial charge in [0.1, 0.15) is 10.6 Å². The fourth-order valence-corrected chi connectivity index (χ4v) is 7.30. The monoisotopic (exact) mass is 567 g/mol. The Labute approximate surface area is 232 Å². The summed E-state index contributed by atoms with van der Waals surface area (Å²) in [6.45, 7) is 0.395. The molecule has 1 saturated carbocycles. The van der Waals surface area contributed by atoms with E-state index < -0.39 is 9.84 Å². The number of thiophene rings is 1. The number of sulfone groups is 1. The van der Waals surface area contributed by atoms with Gasteiger partial charge in [-0.3, -0.25) is 4.79 Å². The second-order valence-electron chi connectivity index (χ2n) is 9.79. The summed E-state index contributed by atoms with van der Waals surface area (Å²) in [6, 6.07) is 20.7. The molecule has 1 amide bonds. The van der Waals surface area contributed by atoms with Crippen molar-refractivity contribution < 1.29 is 17.9 Å². The molecular formula is C30H30ClNO4S2. The first-order chi connectivity index (χ1) is 18.3. The summed E-state index contributed by atoms with van der Waals surface area (Å²) < 4.78 is 30.5. The normalized spacial score (nSPS) is 14.5. The largest absolute Gasteiger partial charge is 0.496 e. The smallest absolute Gasteiger partial charge is 0.266 e. The maximum atomic E-state index is 14.1. The van der Waals surface area contributed by atoms with E-state index in [1.165, 1.54) is 24.0 Å². The first-order valence-electron chi connectivity index (χ1n) is 12.7. The zero-order valence-electron chi connectivity index (χ0n) is 21.4. The SMILES string of the molecule is COc1ccc(-c2ccc(S(C)(=O)=O)cc2)cc1CN(C(=O)c1sc2ccccc2c1Cl)C1CCCCC1. The quantitative estimate of drug-likeness (QED) is 0.230. The number of halogens is 1. The number of carbonyl (C=O) groups is 1. The van der Waals surface area contributed by atoms with Gasteiger partial charge in [0.05, 0.1) is 17.0 Å². The third-order valence-corrected chi connectivity index (χ3v) is 10.0. The highest BCUT2D eigenvalue weighted by Crippen LogP contribution is 2.38. The summed E-state index contributed by atoms with van der Waals surface area (Å²) in [5, 5.41) is 1.42. The topological polar surface area (TPSA) is 63.7 Å². The Balaban J connectivity index is 1.52. The lowest BCUT2D eigenvalue weighted by Crippen LogP contribution is -2.40. The van der Waals surface area contributed by atoms with Crippen LogP contribution in [-0.2, 0) is 16.4 Å². The number of carbonyl (C=O) groups excluding carboxylic acids is 1. The van der Waals surface area contributed by atoms with Crippen LogP contribution in [0.25, 0.3) is 21.2 Å². The van der Waals surface area contributed by atoms with Gasteiger partial charge in [0, 0.05) is 34.5 Å². The molecular weight excluding hydrogens is 538 g/mol. The van der Waals surface area contributed by atoms with Crippen LogP contribution < -0.4 is 4.74 Å². The first-order valence-corrected chi connectivity index (χ1v) is 15.8. The van der Waals surface area contributed by atoms with Crippen molar-refractivity contribution in [1.29, 1.82) is 0 Å². The van der Waals surface area contributed by atoms with Gasteiger partial charge in [-0.25, -0.2) is 8.42 Å².